The summed E-state index contributed by atoms with van der Waals surface area (Å²) in [5.74, 6) is 0.192. The molecule has 4 heteroatoms. The molecule has 19 heavy (non-hydrogen) atoms. The number of piperazine rings is 1. The highest BCUT2D eigenvalue weighted by atomic mass is 16.2. The Morgan fingerprint density at radius 1 is 1.37 bits per heavy atom. The summed E-state index contributed by atoms with van der Waals surface area (Å²) in [7, 11) is 0. The Bertz CT molecular complexity index is 464. The second-order valence-corrected chi connectivity index (χ2v) is 6.00. The molecule has 3 rings (SSSR count). The van der Waals surface area contributed by atoms with Crippen molar-refractivity contribution >= 4 is 5.91 Å². The van der Waals surface area contributed by atoms with Crippen molar-refractivity contribution in [2.75, 3.05) is 13.1 Å². The van der Waals surface area contributed by atoms with Crippen molar-refractivity contribution in [2.45, 2.75) is 51.2 Å². The van der Waals surface area contributed by atoms with Crippen LogP contribution in [-0.2, 0) is 0 Å². The van der Waals surface area contributed by atoms with E-state index in [4.69, 9.17) is 0 Å². The maximum Gasteiger partial charge on any atom is 0.270 e. The summed E-state index contributed by atoms with van der Waals surface area (Å²) in [6, 6.07) is 5.17. The van der Waals surface area contributed by atoms with E-state index in [2.05, 4.69) is 29.9 Å². The summed E-state index contributed by atoms with van der Waals surface area (Å²) in [4.78, 5) is 14.8. The number of rotatable bonds is 2. The molecule has 1 aromatic heterocycles. The van der Waals surface area contributed by atoms with Crippen LogP contribution in [0.4, 0.5) is 0 Å². The predicted molar refractivity (Wildman–Crippen MR) is 75.3 cm³/mol. The summed E-state index contributed by atoms with van der Waals surface area (Å²) >= 11 is 0. The second kappa shape index (κ2) is 5.00. The van der Waals surface area contributed by atoms with Crippen molar-refractivity contribution in [1.82, 2.24) is 14.8 Å². The standard InChI is InChI=1S/C15H23N3O/c1-11-10-18(12(2)9-16-11)15(19)14-7-4-8-17(14)13-5-3-6-13/h4,7-8,11-13,16H,3,5-6,9-10H2,1-2H3. The van der Waals surface area contributed by atoms with Crippen molar-refractivity contribution in [2.24, 2.45) is 0 Å². The predicted octanol–water partition coefficient (Wildman–Crippen LogP) is 2.04. The normalized spacial score (nSPS) is 28.2. The van der Waals surface area contributed by atoms with Crippen molar-refractivity contribution in [1.29, 1.82) is 0 Å². The van der Waals surface area contributed by atoms with E-state index in [9.17, 15) is 4.79 Å². The van der Waals surface area contributed by atoms with E-state index in [1.807, 2.05) is 17.0 Å². The van der Waals surface area contributed by atoms with Crippen LogP contribution in [0.15, 0.2) is 18.3 Å². The van der Waals surface area contributed by atoms with E-state index >= 15 is 0 Å². The van der Waals surface area contributed by atoms with Gasteiger partial charge in [0.15, 0.2) is 0 Å². The van der Waals surface area contributed by atoms with Gasteiger partial charge in [0, 0.05) is 37.4 Å². The average Bonchev–Trinajstić information content (AvgIpc) is 2.78. The van der Waals surface area contributed by atoms with E-state index in [-0.39, 0.29) is 11.9 Å². The lowest BCUT2D eigenvalue weighted by Gasteiger charge is -2.38. The summed E-state index contributed by atoms with van der Waals surface area (Å²) in [5, 5.41) is 3.42. The molecule has 4 nitrogen and oxygen atoms in total. The molecule has 2 unspecified atom stereocenters. The van der Waals surface area contributed by atoms with Gasteiger partial charge in [0.05, 0.1) is 0 Å². The minimum atomic E-state index is 0.192. The Morgan fingerprint density at radius 3 is 2.84 bits per heavy atom. The molecule has 1 aliphatic carbocycles. The Labute approximate surface area is 114 Å². The first-order chi connectivity index (χ1) is 9.16. The zero-order chi connectivity index (χ0) is 13.4. The first-order valence-corrected chi connectivity index (χ1v) is 7.38. The number of amides is 1. The molecule has 1 aromatic rings. The van der Waals surface area contributed by atoms with Gasteiger partial charge in [-0.05, 0) is 45.2 Å². The number of hydrogen-bond donors (Lipinski definition) is 1. The molecule has 1 aliphatic heterocycles. The maximum absolute atomic E-state index is 12.8. The number of nitrogens with zero attached hydrogens (tertiary/aromatic N) is 2. The summed E-state index contributed by atoms with van der Waals surface area (Å²) in [6.07, 6.45) is 5.77. The third kappa shape index (κ3) is 2.29. The lowest BCUT2D eigenvalue weighted by Crippen LogP contribution is -2.56. The van der Waals surface area contributed by atoms with Gasteiger partial charge in [0.25, 0.3) is 5.91 Å². The highest BCUT2D eigenvalue weighted by molar-refractivity contribution is 5.93. The van der Waals surface area contributed by atoms with Gasteiger partial charge in [-0.1, -0.05) is 0 Å². The minimum absolute atomic E-state index is 0.192. The average molecular weight is 261 g/mol. The Balaban J connectivity index is 1.81. The zero-order valence-electron chi connectivity index (χ0n) is 11.8. The first kappa shape index (κ1) is 12.7. The van der Waals surface area contributed by atoms with Gasteiger partial charge in [0.2, 0.25) is 0 Å². The molecule has 1 N–H and O–H groups in total. The van der Waals surface area contributed by atoms with Crippen LogP contribution in [0, 0.1) is 0 Å². The number of carbonyl (C=O) groups excluding carboxylic acids is 1. The van der Waals surface area contributed by atoms with Crippen molar-refractivity contribution in [3.63, 3.8) is 0 Å². The quantitative estimate of drug-likeness (QED) is 0.884. The van der Waals surface area contributed by atoms with E-state index in [0.29, 0.717) is 12.1 Å². The molecule has 0 bridgehead atoms. The van der Waals surface area contributed by atoms with Crippen LogP contribution >= 0.6 is 0 Å². The molecule has 2 heterocycles. The fourth-order valence-electron chi connectivity index (χ4n) is 3.01. The largest absolute Gasteiger partial charge is 0.340 e. The monoisotopic (exact) mass is 261 g/mol. The van der Waals surface area contributed by atoms with Gasteiger partial charge in [-0.3, -0.25) is 4.79 Å². The van der Waals surface area contributed by atoms with Crippen molar-refractivity contribution in [3.8, 4) is 0 Å². The summed E-state index contributed by atoms with van der Waals surface area (Å²) in [6.45, 7) is 5.94. The van der Waals surface area contributed by atoms with Gasteiger partial charge in [-0.2, -0.15) is 0 Å². The highest BCUT2D eigenvalue weighted by Crippen LogP contribution is 2.33. The number of carbonyl (C=O) groups is 1. The molecular formula is C15H23N3O. The van der Waals surface area contributed by atoms with E-state index in [1.54, 1.807) is 0 Å². The lowest BCUT2D eigenvalue weighted by molar-refractivity contribution is 0.0599. The number of aromatic nitrogens is 1. The number of nitrogens with one attached hydrogen (secondary N) is 1. The van der Waals surface area contributed by atoms with Crippen molar-refractivity contribution in [3.05, 3.63) is 24.0 Å². The zero-order valence-corrected chi connectivity index (χ0v) is 11.8. The first-order valence-electron chi connectivity index (χ1n) is 7.38. The van der Waals surface area contributed by atoms with Crippen LogP contribution in [0.5, 0.6) is 0 Å². The molecular weight excluding hydrogens is 238 g/mol. The van der Waals surface area contributed by atoms with E-state index < -0.39 is 0 Å². The number of hydrogen-bond acceptors (Lipinski definition) is 2. The van der Waals surface area contributed by atoms with Gasteiger partial charge in [-0.15, -0.1) is 0 Å². The second-order valence-electron chi connectivity index (χ2n) is 6.00. The maximum atomic E-state index is 12.8. The molecule has 2 aliphatic rings. The summed E-state index contributed by atoms with van der Waals surface area (Å²) in [5.41, 5.74) is 0.866. The Hall–Kier alpha value is -1.29. The molecule has 104 valence electrons. The molecule has 0 aromatic carbocycles. The SMILES string of the molecule is CC1CN(C(=O)c2cccn2C2CCC2)C(C)CN1. The van der Waals surface area contributed by atoms with Crippen LogP contribution in [0.1, 0.15) is 49.6 Å². The summed E-state index contributed by atoms with van der Waals surface area (Å²) < 4.78 is 2.19. The van der Waals surface area contributed by atoms with Gasteiger partial charge >= 0.3 is 0 Å². The molecule has 1 saturated carbocycles. The smallest absolute Gasteiger partial charge is 0.270 e. The lowest BCUT2D eigenvalue weighted by atomic mass is 9.92. The van der Waals surface area contributed by atoms with Crippen LogP contribution in [-0.4, -0.2) is 40.5 Å². The Morgan fingerprint density at radius 2 is 2.16 bits per heavy atom. The van der Waals surface area contributed by atoms with Crippen LogP contribution in [0.25, 0.3) is 0 Å². The molecule has 1 amide bonds. The van der Waals surface area contributed by atoms with Crippen molar-refractivity contribution < 1.29 is 4.79 Å². The molecule has 0 spiro atoms. The van der Waals surface area contributed by atoms with Crippen LogP contribution < -0.4 is 5.32 Å². The Kier molecular flexibility index (Phi) is 3.35. The fraction of sp³-hybridized carbons (Fsp3) is 0.667. The van der Waals surface area contributed by atoms with Gasteiger partial charge < -0.3 is 14.8 Å². The van der Waals surface area contributed by atoms with E-state index in [1.165, 1.54) is 19.3 Å². The third-order valence-electron chi connectivity index (χ3n) is 4.49. The third-order valence-corrected chi connectivity index (χ3v) is 4.49. The van der Waals surface area contributed by atoms with Gasteiger partial charge in [0.1, 0.15) is 5.69 Å². The minimum Gasteiger partial charge on any atom is -0.340 e. The van der Waals surface area contributed by atoms with Gasteiger partial charge in [-0.25, -0.2) is 0 Å². The molecule has 2 fully saturated rings. The highest BCUT2D eigenvalue weighted by Gasteiger charge is 2.30. The molecule has 1 saturated heterocycles. The van der Waals surface area contributed by atoms with Crippen LogP contribution in [0.3, 0.4) is 0 Å². The van der Waals surface area contributed by atoms with Crippen LogP contribution in [0.2, 0.25) is 0 Å². The fourth-order valence-corrected chi connectivity index (χ4v) is 3.01. The molecule has 0 radical (unpaired) electrons. The molecule has 2 atom stereocenters. The van der Waals surface area contributed by atoms with E-state index in [0.717, 1.165) is 18.8 Å². The topological polar surface area (TPSA) is 37.3 Å².